The minimum Gasteiger partial charge on any atom is -0.448 e. The molecule has 0 aromatic heterocycles. The lowest BCUT2D eigenvalue weighted by atomic mass is 9.90. The average molecular weight is 259 g/mol. The van der Waals surface area contributed by atoms with Crippen molar-refractivity contribution < 1.29 is 9.47 Å². The summed E-state index contributed by atoms with van der Waals surface area (Å²) in [6.45, 7) is 2.26. The predicted molar refractivity (Wildman–Crippen MR) is 73.7 cm³/mol. The standard InChI is InChI=1S/C16H21NO2/c1-2-8-16(7-1)18-14-4-3-13(11-15(14)19-16)12-5-9-17-10-6-12/h3-4,11-12,17H,1-2,5-10H2. The summed E-state index contributed by atoms with van der Waals surface area (Å²) in [5.41, 5.74) is 1.42. The molecule has 1 spiro atoms. The Kier molecular flexibility index (Phi) is 2.69. The Balaban J connectivity index is 1.58. The van der Waals surface area contributed by atoms with Crippen LogP contribution in [0.25, 0.3) is 0 Å². The summed E-state index contributed by atoms with van der Waals surface area (Å²) in [4.78, 5) is 0. The first kappa shape index (κ1) is 11.6. The van der Waals surface area contributed by atoms with Gasteiger partial charge in [-0.15, -0.1) is 0 Å². The fraction of sp³-hybridized carbons (Fsp3) is 0.625. The number of hydrogen-bond acceptors (Lipinski definition) is 3. The Hall–Kier alpha value is -1.22. The number of piperidine rings is 1. The van der Waals surface area contributed by atoms with E-state index >= 15 is 0 Å². The van der Waals surface area contributed by atoms with Crippen LogP contribution in [0.2, 0.25) is 0 Å². The van der Waals surface area contributed by atoms with E-state index in [1.165, 1.54) is 31.2 Å². The van der Waals surface area contributed by atoms with Gasteiger partial charge in [0.15, 0.2) is 11.5 Å². The van der Waals surface area contributed by atoms with E-state index < -0.39 is 0 Å². The lowest BCUT2D eigenvalue weighted by Crippen LogP contribution is -2.34. The van der Waals surface area contributed by atoms with Crippen LogP contribution in [-0.4, -0.2) is 18.9 Å². The first-order valence-corrected chi connectivity index (χ1v) is 7.57. The molecule has 1 aromatic carbocycles. The van der Waals surface area contributed by atoms with E-state index in [0.717, 1.165) is 37.4 Å². The number of ether oxygens (including phenoxy) is 2. The van der Waals surface area contributed by atoms with Gasteiger partial charge in [0.1, 0.15) is 0 Å². The maximum absolute atomic E-state index is 6.15. The van der Waals surface area contributed by atoms with E-state index in [9.17, 15) is 0 Å². The van der Waals surface area contributed by atoms with Crippen molar-refractivity contribution in [2.24, 2.45) is 0 Å². The quantitative estimate of drug-likeness (QED) is 0.840. The SMILES string of the molecule is c1cc2c(cc1C1CCNCC1)OC1(CCCC1)O2. The van der Waals surface area contributed by atoms with Gasteiger partial charge < -0.3 is 14.8 Å². The third-order valence-electron chi connectivity index (χ3n) is 4.74. The molecule has 0 radical (unpaired) electrons. The molecule has 19 heavy (non-hydrogen) atoms. The maximum Gasteiger partial charge on any atom is 0.251 e. The average Bonchev–Trinajstić information content (AvgIpc) is 3.05. The first-order valence-electron chi connectivity index (χ1n) is 7.57. The summed E-state index contributed by atoms with van der Waals surface area (Å²) in [6, 6.07) is 6.56. The Morgan fingerprint density at radius 3 is 2.53 bits per heavy atom. The number of rotatable bonds is 1. The van der Waals surface area contributed by atoms with Crippen LogP contribution in [0.1, 0.15) is 50.0 Å². The van der Waals surface area contributed by atoms with Gasteiger partial charge in [0.05, 0.1) is 0 Å². The fourth-order valence-corrected chi connectivity index (χ4v) is 3.64. The van der Waals surface area contributed by atoms with Crippen LogP contribution >= 0.6 is 0 Å². The molecule has 102 valence electrons. The summed E-state index contributed by atoms with van der Waals surface area (Å²) in [5, 5.41) is 3.42. The zero-order valence-corrected chi connectivity index (χ0v) is 11.3. The van der Waals surface area contributed by atoms with Crippen molar-refractivity contribution in [1.29, 1.82) is 0 Å². The van der Waals surface area contributed by atoms with Gasteiger partial charge in [-0.3, -0.25) is 0 Å². The molecular formula is C16H21NO2. The van der Waals surface area contributed by atoms with Crippen molar-refractivity contribution in [3.63, 3.8) is 0 Å². The highest BCUT2D eigenvalue weighted by Crippen LogP contribution is 2.47. The molecule has 4 rings (SSSR count). The first-order chi connectivity index (χ1) is 9.35. The zero-order chi connectivity index (χ0) is 12.7. The summed E-state index contributed by atoms with van der Waals surface area (Å²) in [6.07, 6.45) is 6.95. The van der Waals surface area contributed by atoms with Gasteiger partial charge in [-0.2, -0.15) is 0 Å². The zero-order valence-electron chi connectivity index (χ0n) is 11.3. The van der Waals surface area contributed by atoms with Crippen molar-refractivity contribution in [2.75, 3.05) is 13.1 Å². The topological polar surface area (TPSA) is 30.5 Å². The Morgan fingerprint density at radius 2 is 1.74 bits per heavy atom. The van der Waals surface area contributed by atoms with E-state index in [2.05, 4.69) is 23.5 Å². The van der Waals surface area contributed by atoms with Crippen LogP contribution in [0.15, 0.2) is 18.2 Å². The van der Waals surface area contributed by atoms with Crippen molar-refractivity contribution in [1.82, 2.24) is 5.32 Å². The number of hydrogen-bond donors (Lipinski definition) is 1. The second-order valence-electron chi connectivity index (χ2n) is 6.05. The molecule has 3 aliphatic rings. The molecule has 2 fully saturated rings. The second kappa shape index (κ2) is 4.41. The summed E-state index contributed by atoms with van der Waals surface area (Å²) >= 11 is 0. The normalized spacial score (nSPS) is 25.1. The molecule has 3 nitrogen and oxygen atoms in total. The molecule has 3 heteroatoms. The van der Waals surface area contributed by atoms with E-state index in [1.54, 1.807) is 0 Å². The van der Waals surface area contributed by atoms with Crippen molar-refractivity contribution in [2.45, 2.75) is 50.2 Å². The molecular weight excluding hydrogens is 238 g/mol. The van der Waals surface area contributed by atoms with Crippen molar-refractivity contribution >= 4 is 0 Å². The molecule has 2 heterocycles. The van der Waals surface area contributed by atoms with Gasteiger partial charge in [-0.25, -0.2) is 0 Å². The van der Waals surface area contributed by atoms with Gasteiger partial charge in [0.2, 0.25) is 0 Å². The van der Waals surface area contributed by atoms with Crippen LogP contribution in [0.5, 0.6) is 11.5 Å². The predicted octanol–water partition coefficient (Wildman–Crippen LogP) is 3.20. The number of nitrogens with one attached hydrogen (secondary N) is 1. The van der Waals surface area contributed by atoms with E-state index in [0.29, 0.717) is 5.92 Å². The van der Waals surface area contributed by atoms with Crippen LogP contribution in [0.3, 0.4) is 0 Å². The van der Waals surface area contributed by atoms with E-state index in [4.69, 9.17) is 9.47 Å². The second-order valence-corrected chi connectivity index (χ2v) is 6.05. The molecule has 0 unspecified atom stereocenters. The Morgan fingerprint density at radius 1 is 1.00 bits per heavy atom. The largest absolute Gasteiger partial charge is 0.448 e. The molecule has 1 saturated heterocycles. The lowest BCUT2D eigenvalue weighted by molar-refractivity contribution is -0.0716. The molecule has 1 saturated carbocycles. The highest BCUT2D eigenvalue weighted by atomic mass is 16.7. The van der Waals surface area contributed by atoms with Gasteiger partial charge >= 0.3 is 0 Å². The molecule has 0 bridgehead atoms. The summed E-state index contributed by atoms with van der Waals surface area (Å²) in [7, 11) is 0. The summed E-state index contributed by atoms with van der Waals surface area (Å²) in [5.74, 6) is 2.27. The van der Waals surface area contributed by atoms with Crippen molar-refractivity contribution in [3.05, 3.63) is 23.8 Å². The summed E-state index contributed by atoms with van der Waals surface area (Å²) < 4.78 is 12.2. The third kappa shape index (κ3) is 2.00. The van der Waals surface area contributed by atoms with Crippen LogP contribution < -0.4 is 14.8 Å². The van der Waals surface area contributed by atoms with Crippen LogP contribution in [0, 0.1) is 0 Å². The van der Waals surface area contributed by atoms with Crippen LogP contribution in [-0.2, 0) is 0 Å². The van der Waals surface area contributed by atoms with Gasteiger partial charge in [0.25, 0.3) is 5.79 Å². The minimum atomic E-state index is -0.324. The minimum absolute atomic E-state index is 0.324. The lowest BCUT2D eigenvalue weighted by Gasteiger charge is -2.23. The molecule has 1 aliphatic carbocycles. The monoisotopic (exact) mass is 259 g/mol. The van der Waals surface area contributed by atoms with Gasteiger partial charge in [0, 0.05) is 12.8 Å². The van der Waals surface area contributed by atoms with Crippen molar-refractivity contribution in [3.8, 4) is 11.5 Å². The highest BCUT2D eigenvalue weighted by Gasteiger charge is 2.44. The third-order valence-corrected chi connectivity index (χ3v) is 4.74. The molecule has 1 N–H and O–H groups in total. The number of fused-ring (bicyclic) bond motifs is 1. The Bertz CT molecular complexity index is 474. The molecule has 0 amide bonds. The molecule has 2 aliphatic heterocycles. The number of benzene rings is 1. The molecule has 1 aromatic rings. The van der Waals surface area contributed by atoms with Gasteiger partial charge in [-0.05, 0) is 62.4 Å². The highest BCUT2D eigenvalue weighted by molar-refractivity contribution is 5.47. The van der Waals surface area contributed by atoms with E-state index in [-0.39, 0.29) is 5.79 Å². The van der Waals surface area contributed by atoms with E-state index in [1.807, 2.05) is 0 Å². The fourth-order valence-electron chi connectivity index (χ4n) is 3.64. The van der Waals surface area contributed by atoms with Crippen LogP contribution in [0.4, 0.5) is 0 Å². The Labute approximate surface area is 114 Å². The smallest absolute Gasteiger partial charge is 0.251 e. The van der Waals surface area contributed by atoms with Gasteiger partial charge in [-0.1, -0.05) is 6.07 Å². The maximum atomic E-state index is 6.15. The molecule has 0 atom stereocenters.